The molecule has 5 aliphatic rings. The van der Waals surface area contributed by atoms with Gasteiger partial charge < -0.3 is 19.4 Å². The van der Waals surface area contributed by atoms with E-state index >= 15 is 0 Å². The Morgan fingerprint density at radius 2 is 1.62 bits per heavy atom. The van der Waals surface area contributed by atoms with Crippen molar-refractivity contribution >= 4 is 58.2 Å². The van der Waals surface area contributed by atoms with Gasteiger partial charge in [0.2, 0.25) is 17.5 Å². The van der Waals surface area contributed by atoms with Crippen LogP contribution in [0.5, 0.6) is 5.75 Å². The maximum absolute atomic E-state index is 13.6. The Morgan fingerprint density at radius 1 is 0.879 bits per heavy atom. The predicted octanol–water partition coefficient (Wildman–Crippen LogP) is 5.65. The number of rotatable bonds is 8. The van der Waals surface area contributed by atoms with Crippen molar-refractivity contribution in [1.29, 1.82) is 0 Å². The van der Waals surface area contributed by atoms with Gasteiger partial charge in [0.25, 0.3) is 17.7 Å². The number of benzene rings is 3. The van der Waals surface area contributed by atoms with E-state index in [1.54, 1.807) is 30.3 Å². The van der Waals surface area contributed by atoms with E-state index in [4.69, 9.17) is 22.9 Å². The summed E-state index contributed by atoms with van der Waals surface area (Å²) in [4.78, 5) is 78.3. The number of hydrogen-bond acceptors (Lipinski definition) is 9. The zero-order valence-corrected chi connectivity index (χ0v) is 33.7. The molecule has 0 spiro atoms. The van der Waals surface area contributed by atoms with Crippen LogP contribution in [0.4, 0.5) is 17.1 Å². The first kappa shape index (κ1) is 39.4. The van der Waals surface area contributed by atoms with Crippen molar-refractivity contribution in [1.82, 2.24) is 20.0 Å². The minimum Gasteiger partial charge on any atom is -0.490 e. The molecule has 4 saturated heterocycles. The predicted molar refractivity (Wildman–Crippen MR) is 220 cm³/mol. The van der Waals surface area contributed by atoms with Crippen molar-refractivity contribution in [2.24, 2.45) is 11.3 Å². The number of anilines is 2. The van der Waals surface area contributed by atoms with E-state index in [1.807, 2.05) is 23.1 Å². The molecule has 2 unspecified atom stereocenters. The summed E-state index contributed by atoms with van der Waals surface area (Å²) in [7, 11) is 0. The van der Waals surface area contributed by atoms with Crippen LogP contribution in [0.1, 0.15) is 77.0 Å². The Balaban J connectivity index is 0.799. The number of carbonyl (C=O) groups is 5. The van der Waals surface area contributed by atoms with E-state index in [9.17, 15) is 24.0 Å². The third-order valence-electron chi connectivity index (χ3n) is 12.5. The molecule has 0 bridgehead atoms. The molecule has 8 rings (SSSR count). The normalized spacial score (nSPS) is 22.8. The lowest BCUT2D eigenvalue weighted by Crippen LogP contribution is -2.54. The molecular weight excluding hydrogens is 758 g/mol. The second-order valence-electron chi connectivity index (χ2n) is 16.7. The van der Waals surface area contributed by atoms with Crippen molar-refractivity contribution in [2.45, 2.75) is 58.1 Å². The molecule has 302 valence electrons. The number of ether oxygens (including phenoxy) is 1. The topological polar surface area (TPSA) is 127 Å². The lowest BCUT2D eigenvalue weighted by Gasteiger charge is -2.44. The number of nitrogens with one attached hydrogen (secondary N) is 1. The highest BCUT2D eigenvalue weighted by Gasteiger charge is 2.46. The van der Waals surface area contributed by atoms with Crippen LogP contribution in [0, 0.1) is 17.9 Å². The number of nitrogens with zero attached hydrogens (tertiary/aromatic N) is 6. The van der Waals surface area contributed by atoms with Gasteiger partial charge in [0.1, 0.15) is 17.9 Å². The largest absolute Gasteiger partial charge is 0.490 e. The van der Waals surface area contributed by atoms with Crippen LogP contribution in [0.25, 0.3) is 4.85 Å². The summed E-state index contributed by atoms with van der Waals surface area (Å²) >= 11 is 6.24. The fourth-order valence-corrected chi connectivity index (χ4v) is 9.43. The van der Waals surface area contributed by atoms with Crippen LogP contribution in [0.2, 0.25) is 5.02 Å². The zero-order chi connectivity index (χ0) is 40.7. The SMILES string of the molecule is [C-]#[N+]c1ccc(OC2CCN(C(=O)c3ccc(N4CCN(CC5CCN(c6cccc7c6C(=O)N(C6CCC(=O)NC6=O)C7=O)CC5)CC4)cc3)CC2(C)C)cc1Cl. The van der Waals surface area contributed by atoms with E-state index in [0.717, 1.165) is 74.9 Å². The molecule has 13 nitrogen and oxygen atoms in total. The standard InChI is InChI=1S/C44H48ClN7O6/c1-44(2)27-51(20-17-37(44)58-31-11-12-34(46-3)33(45)25-31)41(55)29-7-9-30(10-8-29)49-23-21-48(22-24-49)26-28-15-18-50(19-16-28)35-6-4-5-32-39(35)43(57)52(42(32)56)36-13-14-38(53)47-40(36)54/h4-12,25,28,36-37H,13-24,26-27H2,1-2H3,(H,47,53,54). The Hall–Kier alpha value is -5.45. The molecule has 14 heteroatoms. The summed E-state index contributed by atoms with van der Waals surface area (Å²) in [5.74, 6) is -0.782. The number of likely N-dealkylation sites (tertiary alicyclic amines) is 1. The van der Waals surface area contributed by atoms with E-state index in [1.165, 1.54) is 0 Å². The molecule has 1 N–H and O–H groups in total. The number of hydrogen-bond donors (Lipinski definition) is 1. The van der Waals surface area contributed by atoms with Gasteiger partial charge in [0.05, 0.1) is 28.4 Å². The Labute approximate surface area is 343 Å². The van der Waals surface area contributed by atoms with Crippen LogP contribution in [0.15, 0.2) is 60.7 Å². The van der Waals surface area contributed by atoms with Gasteiger partial charge in [0.15, 0.2) is 0 Å². The molecule has 58 heavy (non-hydrogen) atoms. The van der Waals surface area contributed by atoms with Crippen molar-refractivity contribution in [3.8, 4) is 5.75 Å². The lowest BCUT2D eigenvalue weighted by atomic mass is 9.80. The number of halogens is 1. The average Bonchev–Trinajstić information content (AvgIpc) is 3.47. The summed E-state index contributed by atoms with van der Waals surface area (Å²) < 4.78 is 6.31. The van der Waals surface area contributed by atoms with Crippen LogP contribution in [0.3, 0.4) is 0 Å². The highest BCUT2D eigenvalue weighted by molar-refractivity contribution is 6.33. The third kappa shape index (κ3) is 7.75. The van der Waals surface area contributed by atoms with E-state index in [-0.39, 0.29) is 30.3 Å². The van der Waals surface area contributed by atoms with Crippen molar-refractivity contribution in [3.63, 3.8) is 0 Å². The number of piperazine rings is 1. The van der Waals surface area contributed by atoms with Gasteiger partial charge in [-0.25, -0.2) is 4.85 Å². The molecule has 0 radical (unpaired) electrons. The second kappa shape index (κ2) is 16.1. The maximum Gasteiger partial charge on any atom is 0.264 e. The van der Waals surface area contributed by atoms with Gasteiger partial charge in [-0.1, -0.05) is 37.6 Å². The van der Waals surface area contributed by atoms with Crippen molar-refractivity contribution < 1.29 is 28.7 Å². The van der Waals surface area contributed by atoms with Gasteiger partial charge in [-0.05, 0) is 73.7 Å². The van der Waals surface area contributed by atoms with Crippen molar-refractivity contribution in [3.05, 3.63) is 93.8 Å². The highest BCUT2D eigenvalue weighted by Crippen LogP contribution is 2.38. The van der Waals surface area contributed by atoms with Crippen LogP contribution < -0.4 is 19.9 Å². The molecule has 0 aliphatic carbocycles. The summed E-state index contributed by atoms with van der Waals surface area (Å²) in [6.45, 7) is 18.8. The Morgan fingerprint density at radius 3 is 2.29 bits per heavy atom. The molecule has 0 aromatic heterocycles. The number of imide groups is 2. The number of amides is 5. The molecule has 5 aliphatic heterocycles. The van der Waals surface area contributed by atoms with Crippen LogP contribution >= 0.6 is 11.6 Å². The Bertz CT molecular complexity index is 2170. The van der Waals surface area contributed by atoms with Gasteiger partial charge in [0, 0.05) is 88.4 Å². The first-order valence-electron chi connectivity index (χ1n) is 20.2. The highest BCUT2D eigenvalue weighted by atomic mass is 35.5. The zero-order valence-electron chi connectivity index (χ0n) is 32.9. The number of carbonyl (C=O) groups excluding carboxylic acids is 5. The van der Waals surface area contributed by atoms with Crippen molar-refractivity contribution in [2.75, 3.05) is 68.7 Å². The van der Waals surface area contributed by atoms with E-state index in [0.29, 0.717) is 58.6 Å². The Kier molecular flexibility index (Phi) is 10.9. The molecule has 4 fully saturated rings. The second-order valence-corrected chi connectivity index (χ2v) is 17.2. The van der Waals surface area contributed by atoms with Gasteiger partial charge in [-0.15, -0.1) is 0 Å². The van der Waals surface area contributed by atoms with Crippen LogP contribution in [-0.4, -0.2) is 115 Å². The maximum atomic E-state index is 13.6. The summed E-state index contributed by atoms with van der Waals surface area (Å²) in [5, 5.41) is 2.63. The fourth-order valence-electron chi connectivity index (χ4n) is 9.21. The third-order valence-corrected chi connectivity index (χ3v) is 12.8. The average molecular weight is 806 g/mol. The molecule has 5 heterocycles. The van der Waals surface area contributed by atoms with Gasteiger partial charge in [-0.2, -0.15) is 0 Å². The number of piperidine rings is 3. The molecule has 0 saturated carbocycles. The molecule has 3 aromatic carbocycles. The first-order chi connectivity index (χ1) is 27.9. The molecule has 5 amide bonds. The monoisotopic (exact) mass is 805 g/mol. The smallest absolute Gasteiger partial charge is 0.264 e. The minimum absolute atomic E-state index is 0.0179. The molecular formula is C44H48ClN7O6. The molecule has 3 aromatic rings. The lowest BCUT2D eigenvalue weighted by molar-refractivity contribution is -0.136. The summed E-state index contributed by atoms with van der Waals surface area (Å²) in [5.41, 5.74) is 3.29. The summed E-state index contributed by atoms with van der Waals surface area (Å²) in [6, 6.07) is 17.5. The van der Waals surface area contributed by atoms with Gasteiger partial charge >= 0.3 is 0 Å². The van der Waals surface area contributed by atoms with E-state index in [2.05, 4.69) is 50.8 Å². The van der Waals surface area contributed by atoms with Crippen LogP contribution in [-0.2, 0) is 9.59 Å². The van der Waals surface area contributed by atoms with E-state index < -0.39 is 29.7 Å². The quantitative estimate of drug-likeness (QED) is 0.227. The van der Waals surface area contributed by atoms with Gasteiger partial charge in [-0.3, -0.25) is 39.1 Å². The fraction of sp³-hybridized carbons (Fsp3) is 0.455. The minimum atomic E-state index is -0.980. The number of fused-ring (bicyclic) bond motifs is 1. The first-order valence-corrected chi connectivity index (χ1v) is 20.6. The summed E-state index contributed by atoms with van der Waals surface area (Å²) in [6.07, 6.45) is 2.74. The molecule has 2 atom stereocenters.